The maximum absolute atomic E-state index is 12.9. The van der Waals surface area contributed by atoms with E-state index in [1.807, 2.05) is 12.1 Å². The van der Waals surface area contributed by atoms with Crippen LogP contribution in [0.15, 0.2) is 40.9 Å². The molecule has 0 N–H and O–H groups in total. The van der Waals surface area contributed by atoms with Crippen molar-refractivity contribution < 1.29 is 31.8 Å². The second kappa shape index (κ2) is 5.97. The van der Waals surface area contributed by atoms with Crippen molar-refractivity contribution in [3.63, 3.8) is 0 Å². The van der Waals surface area contributed by atoms with Gasteiger partial charge >= 0.3 is 6.18 Å². The Labute approximate surface area is 171 Å². The highest BCUT2D eigenvalue weighted by Gasteiger charge is 2.54. The third kappa shape index (κ3) is 2.47. The smallest absolute Gasteiger partial charge is 0.449 e. The Kier molecular flexibility index (Phi) is 3.53. The summed E-state index contributed by atoms with van der Waals surface area (Å²) in [4.78, 5) is 9.08. The van der Waals surface area contributed by atoms with Crippen LogP contribution in [0.1, 0.15) is 22.8 Å². The van der Waals surface area contributed by atoms with Crippen molar-refractivity contribution in [3.05, 3.63) is 59.3 Å². The second-order valence-electron chi connectivity index (χ2n) is 6.93. The summed E-state index contributed by atoms with van der Waals surface area (Å²) in [6.07, 6.45) is -2.89. The Hall–Kier alpha value is -3.08. The molecule has 0 saturated carbocycles. The number of aromatic nitrogens is 2. The van der Waals surface area contributed by atoms with E-state index in [2.05, 4.69) is 9.97 Å². The molecule has 1 unspecified atom stereocenters. The van der Waals surface area contributed by atoms with E-state index in [4.69, 9.17) is 18.6 Å². The highest BCUT2D eigenvalue weighted by atomic mass is 32.2. The standard InChI is InChI=1S/C19H12F3N3O4S/c20-19(21,22)14-4-3-10(29-14)7-25-16-11(2-1-5-23-16)18(30-25)8-26-12-6-13-17(24-15(12)18)28-9-27-13/h1-6H,7-9H2. The van der Waals surface area contributed by atoms with Gasteiger partial charge < -0.3 is 18.6 Å². The summed E-state index contributed by atoms with van der Waals surface area (Å²) < 4.78 is 61.5. The maximum atomic E-state index is 12.9. The summed E-state index contributed by atoms with van der Waals surface area (Å²) in [5.41, 5.74) is 1.53. The normalized spacial score (nSPS) is 21.1. The monoisotopic (exact) mass is 435 g/mol. The lowest BCUT2D eigenvalue weighted by atomic mass is 9.96. The molecule has 3 aromatic heterocycles. The number of hydrogen-bond donors (Lipinski definition) is 0. The second-order valence-corrected chi connectivity index (χ2v) is 8.25. The molecule has 1 atom stereocenters. The molecule has 0 bridgehead atoms. The van der Waals surface area contributed by atoms with Crippen LogP contribution in [-0.4, -0.2) is 23.4 Å². The highest BCUT2D eigenvalue weighted by molar-refractivity contribution is 8.02. The minimum atomic E-state index is -4.53. The summed E-state index contributed by atoms with van der Waals surface area (Å²) >= 11 is 1.39. The number of fused-ring (bicyclic) bond motifs is 5. The molecule has 154 valence electrons. The Morgan fingerprint density at radius 1 is 1.13 bits per heavy atom. The molecule has 3 aliphatic heterocycles. The summed E-state index contributed by atoms with van der Waals surface area (Å²) in [6.45, 7) is 0.492. The minimum Gasteiger partial charge on any atom is -0.489 e. The molecular weight excluding hydrogens is 423 g/mol. The fraction of sp³-hybridized carbons (Fsp3) is 0.263. The van der Waals surface area contributed by atoms with E-state index in [0.29, 0.717) is 35.5 Å². The fourth-order valence-corrected chi connectivity index (χ4v) is 5.20. The Morgan fingerprint density at radius 2 is 2.03 bits per heavy atom. The molecule has 6 rings (SSSR count). The van der Waals surface area contributed by atoms with E-state index >= 15 is 0 Å². The molecule has 11 heteroatoms. The number of alkyl halides is 3. The van der Waals surface area contributed by atoms with E-state index in [1.165, 1.54) is 18.0 Å². The van der Waals surface area contributed by atoms with Gasteiger partial charge in [0.15, 0.2) is 5.75 Å². The lowest BCUT2D eigenvalue weighted by molar-refractivity contribution is -0.153. The van der Waals surface area contributed by atoms with E-state index in [1.54, 1.807) is 16.6 Å². The van der Waals surface area contributed by atoms with Crippen LogP contribution in [0.5, 0.6) is 17.4 Å². The zero-order valence-corrected chi connectivity index (χ0v) is 15.9. The molecule has 6 heterocycles. The van der Waals surface area contributed by atoms with Crippen LogP contribution in [0.2, 0.25) is 0 Å². The Morgan fingerprint density at radius 3 is 2.87 bits per heavy atom. The van der Waals surface area contributed by atoms with E-state index < -0.39 is 16.7 Å². The average Bonchev–Trinajstić information content (AvgIpc) is 3.49. The summed E-state index contributed by atoms with van der Waals surface area (Å²) in [7, 11) is 0. The predicted molar refractivity (Wildman–Crippen MR) is 98.4 cm³/mol. The van der Waals surface area contributed by atoms with Crippen molar-refractivity contribution in [2.45, 2.75) is 17.5 Å². The molecular formula is C19H12F3N3O4S. The van der Waals surface area contributed by atoms with Crippen LogP contribution in [0.3, 0.4) is 0 Å². The quantitative estimate of drug-likeness (QED) is 0.557. The van der Waals surface area contributed by atoms with Gasteiger partial charge in [-0.25, -0.2) is 9.97 Å². The minimum absolute atomic E-state index is 0.0929. The topological polar surface area (TPSA) is 69.9 Å². The summed E-state index contributed by atoms with van der Waals surface area (Å²) in [5.74, 6) is 1.28. The van der Waals surface area contributed by atoms with Crippen molar-refractivity contribution in [1.82, 2.24) is 9.97 Å². The SMILES string of the molecule is FC(F)(F)c1ccc(CN2SC3(COc4cc5c(nc43)OCO5)c3cccnc32)o1. The third-order valence-corrected chi connectivity index (χ3v) is 6.47. The molecule has 0 aliphatic carbocycles. The molecule has 1 spiro atoms. The molecule has 7 nitrogen and oxygen atoms in total. The van der Waals surface area contributed by atoms with E-state index in [9.17, 15) is 13.2 Å². The first-order valence-corrected chi connectivity index (χ1v) is 9.73. The Balaban J connectivity index is 1.39. The molecule has 0 radical (unpaired) electrons. The van der Waals surface area contributed by atoms with Crippen molar-refractivity contribution in [2.75, 3.05) is 17.7 Å². The number of anilines is 1. The molecule has 0 saturated heterocycles. The molecule has 0 fully saturated rings. The van der Waals surface area contributed by atoms with Gasteiger partial charge in [0.05, 0.1) is 6.54 Å². The van der Waals surface area contributed by atoms with Gasteiger partial charge in [0, 0.05) is 17.8 Å². The summed E-state index contributed by atoms with van der Waals surface area (Å²) in [5, 5.41) is 0. The molecule has 3 aliphatic rings. The van der Waals surface area contributed by atoms with Crippen LogP contribution < -0.4 is 18.5 Å². The molecule has 0 amide bonds. The lowest BCUT2D eigenvalue weighted by Crippen LogP contribution is -2.25. The third-order valence-electron chi connectivity index (χ3n) is 5.11. The summed E-state index contributed by atoms with van der Waals surface area (Å²) in [6, 6.07) is 7.74. The van der Waals surface area contributed by atoms with Gasteiger partial charge in [-0.05, 0) is 30.1 Å². The molecule has 30 heavy (non-hydrogen) atoms. The first-order chi connectivity index (χ1) is 14.4. The largest absolute Gasteiger partial charge is 0.489 e. The Bertz CT molecular complexity index is 1170. The van der Waals surface area contributed by atoms with Gasteiger partial charge in [-0.3, -0.25) is 4.31 Å². The van der Waals surface area contributed by atoms with Gasteiger partial charge in [-0.2, -0.15) is 13.2 Å². The van der Waals surface area contributed by atoms with Crippen molar-refractivity contribution >= 4 is 17.8 Å². The number of ether oxygens (including phenoxy) is 3. The predicted octanol–water partition coefficient (Wildman–Crippen LogP) is 4.12. The molecule has 0 aromatic carbocycles. The van der Waals surface area contributed by atoms with Crippen LogP contribution in [0, 0.1) is 0 Å². The van der Waals surface area contributed by atoms with Gasteiger partial charge in [0.1, 0.15) is 34.4 Å². The van der Waals surface area contributed by atoms with Gasteiger partial charge in [0.2, 0.25) is 12.6 Å². The van der Waals surface area contributed by atoms with Gasteiger partial charge in [-0.15, -0.1) is 0 Å². The van der Waals surface area contributed by atoms with E-state index in [-0.39, 0.29) is 19.1 Å². The zero-order chi connectivity index (χ0) is 20.5. The lowest BCUT2D eigenvalue weighted by Gasteiger charge is -2.22. The zero-order valence-electron chi connectivity index (χ0n) is 15.1. The van der Waals surface area contributed by atoms with Crippen LogP contribution >= 0.6 is 11.9 Å². The number of rotatable bonds is 2. The van der Waals surface area contributed by atoms with Crippen molar-refractivity contribution in [2.24, 2.45) is 0 Å². The van der Waals surface area contributed by atoms with Gasteiger partial charge in [-0.1, -0.05) is 6.07 Å². The average molecular weight is 435 g/mol. The van der Waals surface area contributed by atoms with E-state index in [0.717, 1.165) is 11.6 Å². The number of halogens is 3. The fourth-order valence-electron chi connectivity index (χ4n) is 3.79. The number of furan rings is 1. The maximum Gasteiger partial charge on any atom is 0.449 e. The van der Waals surface area contributed by atoms with Crippen LogP contribution in [0.4, 0.5) is 19.0 Å². The van der Waals surface area contributed by atoms with Crippen molar-refractivity contribution in [3.8, 4) is 17.4 Å². The van der Waals surface area contributed by atoms with Crippen LogP contribution in [0.25, 0.3) is 0 Å². The number of pyridine rings is 2. The van der Waals surface area contributed by atoms with Crippen LogP contribution in [-0.2, 0) is 17.5 Å². The number of hydrogen-bond acceptors (Lipinski definition) is 8. The number of nitrogens with zero attached hydrogens (tertiary/aromatic N) is 3. The van der Waals surface area contributed by atoms with Gasteiger partial charge in [0.25, 0.3) is 5.88 Å². The van der Waals surface area contributed by atoms with Crippen molar-refractivity contribution in [1.29, 1.82) is 0 Å². The first-order valence-electron chi connectivity index (χ1n) is 8.96. The first kappa shape index (κ1) is 17.8. The highest BCUT2D eigenvalue weighted by Crippen LogP contribution is 2.60. The molecule has 3 aromatic rings.